The second-order valence-corrected chi connectivity index (χ2v) is 6.76. The van der Waals surface area contributed by atoms with Crippen LogP contribution in [0.1, 0.15) is 15.9 Å². The van der Waals surface area contributed by atoms with Gasteiger partial charge in [-0.3, -0.25) is 9.47 Å². The number of aromatic amines is 1. The van der Waals surface area contributed by atoms with Crippen molar-refractivity contribution in [3.63, 3.8) is 0 Å². The molecular weight excluding hydrogens is 324 g/mol. The van der Waals surface area contributed by atoms with Crippen molar-refractivity contribution in [3.05, 3.63) is 59.7 Å². The molecule has 5 heteroatoms. The van der Waals surface area contributed by atoms with Crippen molar-refractivity contribution in [1.82, 2.24) is 15.0 Å². The van der Waals surface area contributed by atoms with E-state index in [1.54, 1.807) is 0 Å². The largest absolute Gasteiger partial charge is 0.353 e. The Morgan fingerprint density at radius 3 is 2.62 bits per heavy atom. The van der Waals surface area contributed by atoms with Crippen LogP contribution in [0.5, 0.6) is 0 Å². The van der Waals surface area contributed by atoms with Crippen LogP contribution in [0.3, 0.4) is 0 Å². The van der Waals surface area contributed by atoms with E-state index in [4.69, 9.17) is 0 Å². The Morgan fingerprint density at radius 1 is 1.00 bits per heavy atom. The van der Waals surface area contributed by atoms with Crippen LogP contribution in [0.4, 0.5) is 0 Å². The molecule has 0 radical (unpaired) electrons. The van der Waals surface area contributed by atoms with Gasteiger partial charge in [0.15, 0.2) is 0 Å². The topological polar surface area (TPSA) is 61.9 Å². The lowest BCUT2D eigenvalue weighted by Gasteiger charge is -2.08. The summed E-state index contributed by atoms with van der Waals surface area (Å²) in [4.78, 5) is 16.3. The van der Waals surface area contributed by atoms with Crippen LogP contribution in [0.2, 0.25) is 0 Å². The number of amides is 1. The van der Waals surface area contributed by atoms with E-state index in [0.29, 0.717) is 6.54 Å². The zero-order valence-electron chi connectivity index (χ0n) is 14.2. The van der Waals surface area contributed by atoms with Gasteiger partial charge >= 0.3 is 0 Å². The van der Waals surface area contributed by atoms with Gasteiger partial charge in [-0.05, 0) is 17.7 Å². The highest BCUT2D eigenvalue weighted by molar-refractivity contribution is 6.30. The van der Waals surface area contributed by atoms with Crippen LogP contribution < -0.4 is 10.7 Å². The van der Waals surface area contributed by atoms with E-state index >= 15 is 0 Å². The van der Waals surface area contributed by atoms with E-state index in [1.165, 1.54) is 0 Å². The van der Waals surface area contributed by atoms with Gasteiger partial charge < -0.3 is 15.7 Å². The number of benzene rings is 3. The number of rotatable bonds is 1. The van der Waals surface area contributed by atoms with Crippen molar-refractivity contribution in [3.8, 4) is 0 Å². The Balaban J connectivity index is 2.03. The van der Waals surface area contributed by atoms with Crippen molar-refractivity contribution in [1.29, 1.82) is 0 Å². The average Bonchev–Trinajstić information content (AvgIpc) is 3.32. The molecule has 6 rings (SSSR count). The molecule has 0 unspecified atom stereocenters. The van der Waals surface area contributed by atoms with E-state index < -0.39 is 0 Å². The minimum Gasteiger partial charge on any atom is -0.353 e. The monoisotopic (exact) mass is 340 g/mol. The molecule has 1 amide bonds. The Bertz CT molecular complexity index is 1390. The van der Waals surface area contributed by atoms with Crippen LogP contribution in [0.15, 0.2) is 48.5 Å². The lowest BCUT2D eigenvalue weighted by molar-refractivity contribution is 0.0967. The fourth-order valence-corrected chi connectivity index (χ4v) is 4.55. The molecule has 1 aliphatic heterocycles. The summed E-state index contributed by atoms with van der Waals surface area (Å²) in [6.45, 7) is 0.567. The molecule has 5 nitrogen and oxygen atoms in total. The Labute approximate surface area is 148 Å². The van der Waals surface area contributed by atoms with Gasteiger partial charge in [-0.25, -0.2) is 0 Å². The summed E-state index contributed by atoms with van der Waals surface area (Å²) in [5.41, 5.74) is 9.47. The Morgan fingerprint density at radius 2 is 1.77 bits per heavy atom. The number of H-pyrrole nitrogens is 1. The van der Waals surface area contributed by atoms with Crippen LogP contribution in [0, 0.1) is 0 Å². The molecule has 126 valence electrons. The number of hydrogen-bond acceptors (Lipinski definition) is 2. The standard InChI is InChI=1S/C21H16N4O/c1-22-25-15-9-5-3-7-12(15)16-13-10-23-21(26)18(13)17-11-6-2-4-8-14(11)24-19(17)20(16)25/h2-9,22,24H,10H2,1H3,(H,23,26). The molecule has 3 aromatic carbocycles. The summed E-state index contributed by atoms with van der Waals surface area (Å²) in [5.74, 6) is 0.0120. The molecule has 3 N–H and O–H groups in total. The average molecular weight is 340 g/mol. The molecule has 26 heavy (non-hydrogen) atoms. The Kier molecular flexibility index (Phi) is 2.43. The summed E-state index contributed by atoms with van der Waals surface area (Å²) in [5, 5.41) is 7.43. The summed E-state index contributed by atoms with van der Waals surface area (Å²) >= 11 is 0. The number of hydrogen-bond donors (Lipinski definition) is 3. The third-order valence-corrected chi connectivity index (χ3v) is 5.55. The van der Waals surface area contributed by atoms with Crippen molar-refractivity contribution >= 4 is 49.5 Å². The van der Waals surface area contributed by atoms with Crippen LogP contribution in [-0.2, 0) is 6.54 Å². The zero-order valence-corrected chi connectivity index (χ0v) is 14.2. The quantitative estimate of drug-likeness (QED) is 0.434. The van der Waals surface area contributed by atoms with Gasteiger partial charge in [0.05, 0.1) is 22.1 Å². The highest BCUT2D eigenvalue weighted by Crippen LogP contribution is 2.42. The van der Waals surface area contributed by atoms with Crippen molar-refractivity contribution in [2.24, 2.45) is 0 Å². The maximum atomic E-state index is 12.7. The van der Waals surface area contributed by atoms with Gasteiger partial charge in [-0.1, -0.05) is 36.4 Å². The maximum absolute atomic E-state index is 12.7. The minimum atomic E-state index is 0.0120. The summed E-state index contributed by atoms with van der Waals surface area (Å²) < 4.78 is 2.12. The predicted molar refractivity (Wildman–Crippen MR) is 105 cm³/mol. The fourth-order valence-electron chi connectivity index (χ4n) is 4.55. The van der Waals surface area contributed by atoms with Gasteiger partial charge in [0.25, 0.3) is 5.91 Å². The molecule has 0 saturated carbocycles. The smallest absolute Gasteiger partial charge is 0.252 e. The minimum absolute atomic E-state index is 0.0120. The number of carbonyl (C=O) groups excluding carboxylic acids is 1. The molecule has 5 aromatic rings. The second-order valence-electron chi connectivity index (χ2n) is 6.76. The van der Waals surface area contributed by atoms with E-state index in [-0.39, 0.29) is 5.91 Å². The normalized spacial score (nSPS) is 13.8. The van der Waals surface area contributed by atoms with Crippen molar-refractivity contribution in [2.45, 2.75) is 6.54 Å². The van der Waals surface area contributed by atoms with E-state index in [0.717, 1.165) is 54.7 Å². The fraction of sp³-hybridized carbons (Fsp3) is 0.0952. The number of para-hydroxylation sites is 2. The summed E-state index contributed by atoms with van der Waals surface area (Å²) in [6.07, 6.45) is 0. The number of nitrogens with zero attached hydrogens (tertiary/aromatic N) is 1. The van der Waals surface area contributed by atoms with E-state index in [2.05, 4.69) is 44.7 Å². The van der Waals surface area contributed by atoms with Crippen LogP contribution in [-0.4, -0.2) is 22.6 Å². The number of fused-ring (bicyclic) bond motifs is 10. The third-order valence-electron chi connectivity index (χ3n) is 5.55. The maximum Gasteiger partial charge on any atom is 0.252 e. The van der Waals surface area contributed by atoms with E-state index in [9.17, 15) is 4.79 Å². The molecule has 0 bridgehead atoms. The molecule has 0 fully saturated rings. The number of carbonyl (C=O) groups is 1. The lowest BCUT2D eigenvalue weighted by Crippen LogP contribution is -2.12. The first kappa shape index (κ1) is 13.8. The van der Waals surface area contributed by atoms with Crippen molar-refractivity contribution < 1.29 is 4.79 Å². The van der Waals surface area contributed by atoms with Gasteiger partial charge in [0.1, 0.15) is 0 Å². The van der Waals surface area contributed by atoms with Gasteiger partial charge in [0, 0.05) is 40.7 Å². The first-order chi connectivity index (χ1) is 12.8. The van der Waals surface area contributed by atoms with Gasteiger partial charge in [-0.15, -0.1) is 0 Å². The van der Waals surface area contributed by atoms with Crippen LogP contribution in [0.25, 0.3) is 43.6 Å². The highest BCUT2D eigenvalue weighted by Gasteiger charge is 2.30. The lowest BCUT2D eigenvalue weighted by atomic mass is 9.97. The molecule has 1 aliphatic rings. The SMILES string of the molecule is CNn1c2ccccc2c2c3c(c4c5ccccc5[nH]c4c21)C(=O)NC3. The molecule has 0 aliphatic carbocycles. The Hall–Kier alpha value is -3.47. The van der Waals surface area contributed by atoms with Crippen LogP contribution >= 0.6 is 0 Å². The zero-order chi connectivity index (χ0) is 17.4. The molecule has 0 saturated heterocycles. The second kappa shape index (κ2) is 4.58. The van der Waals surface area contributed by atoms with Gasteiger partial charge in [-0.2, -0.15) is 0 Å². The van der Waals surface area contributed by atoms with Gasteiger partial charge in [0.2, 0.25) is 0 Å². The first-order valence-corrected chi connectivity index (χ1v) is 8.74. The molecule has 0 spiro atoms. The highest BCUT2D eigenvalue weighted by atomic mass is 16.1. The van der Waals surface area contributed by atoms with E-state index in [1.807, 2.05) is 31.3 Å². The van der Waals surface area contributed by atoms with Crippen molar-refractivity contribution in [2.75, 3.05) is 12.5 Å². The molecule has 0 atom stereocenters. The summed E-state index contributed by atoms with van der Waals surface area (Å²) in [7, 11) is 1.93. The first-order valence-electron chi connectivity index (χ1n) is 8.74. The predicted octanol–water partition coefficient (Wildman–Crippen LogP) is 3.85. The number of aromatic nitrogens is 2. The molecule has 3 heterocycles. The molecule has 2 aromatic heterocycles. The number of nitrogens with one attached hydrogen (secondary N) is 3. The third kappa shape index (κ3) is 1.45. The molecular formula is C21H16N4O. The summed E-state index contributed by atoms with van der Waals surface area (Å²) in [6, 6.07) is 16.5.